The minimum absolute atomic E-state index is 0.391. The van der Waals surface area contributed by atoms with Crippen LogP contribution in [0.1, 0.15) is 26.3 Å². The molecule has 0 bridgehead atoms. The van der Waals surface area contributed by atoms with Gasteiger partial charge in [0.15, 0.2) is 11.3 Å². The molecule has 1 N–H and O–H groups in total. The highest BCUT2D eigenvalue weighted by molar-refractivity contribution is 5.72. The Labute approximate surface area is 100 Å². The van der Waals surface area contributed by atoms with Crippen LogP contribution in [0.5, 0.6) is 0 Å². The number of hydrogen-bond acceptors (Lipinski definition) is 4. The molecule has 1 aliphatic heterocycles. The number of ether oxygens (including phenoxy) is 1. The smallest absolute Gasteiger partial charge is 0.413 e. The summed E-state index contributed by atoms with van der Waals surface area (Å²) in [7, 11) is 0. The number of aromatic nitrogens is 1. The SMILES string of the molecule is CCN1C(=O)O[C@@](C)(c2cccnc2)[C@@]1(C)O. The Morgan fingerprint density at radius 2 is 2.24 bits per heavy atom. The number of carbonyl (C=O) groups excluding carboxylic acids is 1. The first-order valence-corrected chi connectivity index (χ1v) is 5.57. The molecule has 2 heterocycles. The number of nitrogens with zero attached hydrogens (tertiary/aromatic N) is 2. The molecule has 0 unspecified atom stereocenters. The summed E-state index contributed by atoms with van der Waals surface area (Å²) in [5.74, 6) is 0. The Bertz CT molecular complexity index is 433. The summed E-state index contributed by atoms with van der Waals surface area (Å²) < 4.78 is 5.35. The van der Waals surface area contributed by atoms with E-state index in [1.807, 2.05) is 0 Å². The van der Waals surface area contributed by atoms with Crippen LogP contribution in [-0.4, -0.2) is 33.4 Å². The largest absolute Gasteiger partial charge is 0.433 e. The Balaban J connectivity index is 2.49. The molecule has 0 aromatic carbocycles. The van der Waals surface area contributed by atoms with Gasteiger partial charge in [-0.25, -0.2) is 4.79 Å². The number of hydrogen-bond donors (Lipinski definition) is 1. The molecule has 1 aromatic heterocycles. The highest BCUT2D eigenvalue weighted by atomic mass is 16.6. The molecule has 1 amide bonds. The first-order chi connectivity index (χ1) is 7.93. The van der Waals surface area contributed by atoms with E-state index >= 15 is 0 Å². The fourth-order valence-corrected chi connectivity index (χ4v) is 2.18. The van der Waals surface area contributed by atoms with Crippen molar-refractivity contribution in [1.82, 2.24) is 9.88 Å². The maximum atomic E-state index is 11.7. The van der Waals surface area contributed by atoms with Crippen LogP contribution in [0, 0.1) is 0 Å². The van der Waals surface area contributed by atoms with Crippen molar-refractivity contribution in [3.63, 3.8) is 0 Å². The summed E-state index contributed by atoms with van der Waals surface area (Å²) in [5.41, 5.74) is -1.81. The van der Waals surface area contributed by atoms with Crippen molar-refractivity contribution in [2.24, 2.45) is 0 Å². The maximum Gasteiger partial charge on any atom is 0.413 e. The summed E-state index contributed by atoms with van der Waals surface area (Å²) >= 11 is 0. The van der Waals surface area contributed by atoms with E-state index in [0.29, 0.717) is 12.1 Å². The third-order valence-electron chi connectivity index (χ3n) is 3.47. The molecule has 5 nitrogen and oxygen atoms in total. The Hall–Kier alpha value is -1.62. The molecule has 2 rings (SSSR count). The first-order valence-electron chi connectivity index (χ1n) is 5.57. The molecule has 1 aliphatic rings. The molecular weight excluding hydrogens is 220 g/mol. The monoisotopic (exact) mass is 236 g/mol. The normalized spacial score (nSPS) is 32.7. The van der Waals surface area contributed by atoms with Gasteiger partial charge < -0.3 is 9.84 Å². The van der Waals surface area contributed by atoms with Crippen LogP contribution in [0.2, 0.25) is 0 Å². The zero-order valence-electron chi connectivity index (χ0n) is 10.2. The highest BCUT2D eigenvalue weighted by Crippen LogP contribution is 2.44. The summed E-state index contributed by atoms with van der Waals surface area (Å²) in [5, 5.41) is 10.5. The fraction of sp³-hybridized carbons (Fsp3) is 0.500. The summed E-state index contributed by atoms with van der Waals surface area (Å²) in [4.78, 5) is 17.0. The second-order valence-electron chi connectivity index (χ2n) is 4.41. The van der Waals surface area contributed by atoms with Gasteiger partial charge in [0.2, 0.25) is 0 Å². The van der Waals surface area contributed by atoms with E-state index in [0.717, 1.165) is 0 Å². The van der Waals surface area contributed by atoms with Gasteiger partial charge in [0.05, 0.1) is 0 Å². The lowest BCUT2D eigenvalue weighted by Gasteiger charge is -2.37. The minimum atomic E-state index is -1.39. The van der Waals surface area contributed by atoms with Crippen molar-refractivity contribution in [2.45, 2.75) is 32.1 Å². The topological polar surface area (TPSA) is 62.7 Å². The lowest BCUT2D eigenvalue weighted by molar-refractivity contribution is -0.140. The molecule has 1 saturated heterocycles. The van der Waals surface area contributed by atoms with Gasteiger partial charge in [-0.2, -0.15) is 0 Å². The maximum absolute atomic E-state index is 11.7. The number of cyclic esters (lactones) is 1. The van der Waals surface area contributed by atoms with Crippen LogP contribution in [0.3, 0.4) is 0 Å². The number of amides is 1. The number of aliphatic hydroxyl groups is 1. The summed E-state index contributed by atoms with van der Waals surface area (Å²) in [6.07, 6.45) is 2.72. The zero-order chi connectivity index (χ0) is 12.7. The number of carbonyl (C=O) groups is 1. The third kappa shape index (κ3) is 1.50. The molecule has 0 saturated carbocycles. The van der Waals surface area contributed by atoms with Crippen LogP contribution >= 0.6 is 0 Å². The molecule has 1 fully saturated rings. The summed E-state index contributed by atoms with van der Waals surface area (Å²) in [6.45, 7) is 5.46. The Kier molecular flexibility index (Phi) is 2.58. The summed E-state index contributed by atoms with van der Waals surface area (Å²) in [6, 6.07) is 3.53. The molecule has 0 spiro atoms. The van der Waals surface area contributed by atoms with Gasteiger partial charge in [-0.15, -0.1) is 0 Å². The number of rotatable bonds is 2. The molecule has 5 heteroatoms. The predicted octanol–water partition coefficient (Wildman–Crippen LogP) is 1.48. The van der Waals surface area contributed by atoms with Gasteiger partial charge in [-0.1, -0.05) is 6.07 Å². The van der Waals surface area contributed by atoms with E-state index in [1.54, 1.807) is 45.3 Å². The van der Waals surface area contributed by atoms with Crippen LogP contribution < -0.4 is 0 Å². The van der Waals surface area contributed by atoms with Gasteiger partial charge in [0.1, 0.15) is 0 Å². The number of pyridine rings is 1. The average Bonchev–Trinajstić information content (AvgIpc) is 2.47. The van der Waals surface area contributed by atoms with E-state index in [9.17, 15) is 9.90 Å². The van der Waals surface area contributed by atoms with E-state index in [1.165, 1.54) is 4.90 Å². The zero-order valence-corrected chi connectivity index (χ0v) is 10.2. The van der Waals surface area contributed by atoms with E-state index < -0.39 is 17.4 Å². The van der Waals surface area contributed by atoms with E-state index in [4.69, 9.17) is 4.74 Å². The molecule has 17 heavy (non-hydrogen) atoms. The van der Waals surface area contributed by atoms with Crippen LogP contribution in [0.4, 0.5) is 4.79 Å². The lowest BCUT2D eigenvalue weighted by atomic mass is 9.87. The van der Waals surface area contributed by atoms with Crippen molar-refractivity contribution in [2.75, 3.05) is 6.54 Å². The molecule has 1 aromatic rings. The lowest BCUT2D eigenvalue weighted by Crippen LogP contribution is -2.53. The van der Waals surface area contributed by atoms with Gasteiger partial charge in [0.25, 0.3) is 0 Å². The van der Waals surface area contributed by atoms with Crippen molar-refractivity contribution < 1.29 is 14.6 Å². The van der Waals surface area contributed by atoms with E-state index in [2.05, 4.69) is 4.98 Å². The van der Waals surface area contributed by atoms with Gasteiger partial charge >= 0.3 is 6.09 Å². The Morgan fingerprint density at radius 1 is 1.53 bits per heavy atom. The highest BCUT2D eigenvalue weighted by Gasteiger charge is 2.59. The Morgan fingerprint density at radius 3 is 2.71 bits per heavy atom. The third-order valence-corrected chi connectivity index (χ3v) is 3.47. The molecule has 0 aliphatic carbocycles. The van der Waals surface area contributed by atoms with Crippen molar-refractivity contribution in [3.8, 4) is 0 Å². The van der Waals surface area contributed by atoms with Crippen LogP contribution in [0.25, 0.3) is 0 Å². The first kappa shape index (κ1) is 11.9. The fourth-order valence-electron chi connectivity index (χ4n) is 2.18. The second kappa shape index (κ2) is 3.70. The minimum Gasteiger partial charge on any atom is -0.433 e. The van der Waals surface area contributed by atoms with Gasteiger partial charge in [-0.3, -0.25) is 9.88 Å². The molecule has 0 radical (unpaired) electrons. The molecular formula is C12H16N2O3. The molecule has 2 atom stereocenters. The predicted molar refractivity (Wildman–Crippen MR) is 61.1 cm³/mol. The van der Waals surface area contributed by atoms with Crippen molar-refractivity contribution in [3.05, 3.63) is 30.1 Å². The van der Waals surface area contributed by atoms with Crippen LogP contribution in [-0.2, 0) is 10.3 Å². The van der Waals surface area contributed by atoms with Crippen molar-refractivity contribution >= 4 is 6.09 Å². The molecule has 92 valence electrons. The van der Waals surface area contributed by atoms with Gasteiger partial charge in [0, 0.05) is 24.5 Å². The van der Waals surface area contributed by atoms with E-state index in [-0.39, 0.29) is 0 Å². The van der Waals surface area contributed by atoms with Crippen LogP contribution in [0.15, 0.2) is 24.5 Å². The number of likely N-dealkylation sites (N-methyl/N-ethyl adjacent to an activating group) is 1. The van der Waals surface area contributed by atoms with Gasteiger partial charge in [-0.05, 0) is 26.8 Å². The standard InChI is InChI=1S/C12H16N2O3/c1-4-14-10(15)17-11(2,12(14,3)16)9-6-5-7-13-8-9/h5-8,16H,4H2,1-3H3/t11-,12+/m0/s1. The second-order valence-corrected chi connectivity index (χ2v) is 4.41. The average molecular weight is 236 g/mol. The quantitative estimate of drug-likeness (QED) is 0.844. The van der Waals surface area contributed by atoms with Crippen molar-refractivity contribution in [1.29, 1.82) is 0 Å².